The van der Waals surface area contributed by atoms with Gasteiger partial charge in [0, 0.05) is 69.0 Å². The van der Waals surface area contributed by atoms with E-state index in [0.717, 1.165) is 49.4 Å². The topological polar surface area (TPSA) is 62.2 Å². The van der Waals surface area contributed by atoms with Crippen LogP contribution in [0.1, 0.15) is 31.0 Å². The maximum atomic E-state index is 12.1. The molecule has 29 heavy (non-hydrogen) atoms. The van der Waals surface area contributed by atoms with Crippen LogP contribution in [-0.2, 0) is 13.1 Å². The fourth-order valence-electron chi connectivity index (χ4n) is 3.94. The molecule has 1 fully saturated rings. The minimum atomic E-state index is 0.0188. The highest BCUT2D eigenvalue weighted by Gasteiger charge is 2.11. The molecule has 0 spiro atoms. The van der Waals surface area contributed by atoms with Gasteiger partial charge in [0.15, 0.2) is 0 Å². The third-order valence-corrected chi connectivity index (χ3v) is 5.65. The number of hydrogen-bond donors (Lipinski definition) is 2. The van der Waals surface area contributed by atoms with Crippen molar-refractivity contribution in [2.45, 2.75) is 33.0 Å². The lowest BCUT2D eigenvalue weighted by Crippen LogP contribution is -2.42. The fourth-order valence-corrected chi connectivity index (χ4v) is 3.94. The maximum Gasteiger partial charge on any atom is 0.251 e. The van der Waals surface area contributed by atoms with Crippen LogP contribution in [0, 0.1) is 0 Å². The van der Waals surface area contributed by atoms with Crippen molar-refractivity contribution in [3.8, 4) is 0 Å². The Kier molecular flexibility index (Phi) is 5.92. The average molecular weight is 392 g/mol. The van der Waals surface area contributed by atoms with E-state index < -0.39 is 0 Å². The van der Waals surface area contributed by atoms with Crippen molar-refractivity contribution in [1.82, 2.24) is 19.8 Å². The summed E-state index contributed by atoms with van der Waals surface area (Å²) in [5.41, 5.74) is 3.50. The van der Waals surface area contributed by atoms with Crippen molar-refractivity contribution in [3.05, 3.63) is 70.1 Å². The molecule has 1 unspecified atom stereocenters. The monoisotopic (exact) mass is 391 g/mol. The molecule has 152 valence electrons. The van der Waals surface area contributed by atoms with Gasteiger partial charge in [-0.15, -0.1) is 0 Å². The van der Waals surface area contributed by atoms with Gasteiger partial charge in [-0.1, -0.05) is 24.3 Å². The molecule has 3 heterocycles. The summed E-state index contributed by atoms with van der Waals surface area (Å²) in [6.07, 6.45) is 1.83. The zero-order valence-corrected chi connectivity index (χ0v) is 17.2. The molecule has 6 heteroatoms. The first-order valence-electron chi connectivity index (χ1n) is 10.4. The van der Waals surface area contributed by atoms with Crippen LogP contribution in [0.2, 0.25) is 0 Å². The SMILES string of the molecule is CCn1c(=O)ccc2cnc(NC(C)c3ccc(CN4CCNCC4)cc3)cc21. The third kappa shape index (κ3) is 4.49. The van der Waals surface area contributed by atoms with Crippen LogP contribution >= 0.6 is 0 Å². The molecule has 1 aliphatic heterocycles. The number of pyridine rings is 2. The minimum absolute atomic E-state index is 0.0188. The Labute approximate surface area is 171 Å². The molecule has 1 aromatic carbocycles. The van der Waals surface area contributed by atoms with E-state index in [0.29, 0.717) is 6.54 Å². The molecule has 1 aliphatic rings. The van der Waals surface area contributed by atoms with E-state index in [9.17, 15) is 4.79 Å². The van der Waals surface area contributed by atoms with Crippen LogP contribution in [0.3, 0.4) is 0 Å². The second-order valence-corrected chi connectivity index (χ2v) is 7.68. The van der Waals surface area contributed by atoms with Crippen molar-refractivity contribution in [2.24, 2.45) is 0 Å². The molecular formula is C23H29N5O. The summed E-state index contributed by atoms with van der Waals surface area (Å²) < 4.78 is 1.78. The second kappa shape index (κ2) is 8.76. The van der Waals surface area contributed by atoms with Crippen molar-refractivity contribution in [2.75, 3.05) is 31.5 Å². The number of rotatable bonds is 6. The maximum absolute atomic E-state index is 12.1. The van der Waals surface area contributed by atoms with Gasteiger partial charge < -0.3 is 15.2 Å². The van der Waals surface area contributed by atoms with Gasteiger partial charge in [0.2, 0.25) is 0 Å². The van der Waals surface area contributed by atoms with Gasteiger partial charge >= 0.3 is 0 Å². The lowest BCUT2D eigenvalue weighted by atomic mass is 10.1. The van der Waals surface area contributed by atoms with E-state index in [2.05, 4.69) is 51.7 Å². The quantitative estimate of drug-likeness (QED) is 0.676. The summed E-state index contributed by atoms with van der Waals surface area (Å²) in [6, 6.07) is 14.4. The van der Waals surface area contributed by atoms with Crippen molar-refractivity contribution >= 4 is 16.7 Å². The Bertz CT molecular complexity index is 1020. The minimum Gasteiger partial charge on any atom is -0.363 e. The van der Waals surface area contributed by atoms with Gasteiger partial charge in [-0.3, -0.25) is 9.69 Å². The van der Waals surface area contributed by atoms with Crippen molar-refractivity contribution in [1.29, 1.82) is 0 Å². The van der Waals surface area contributed by atoms with E-state index >= 15 is 0 Å². The highest BCUT2D eigenvalue weighted by atomic mass is 16.1. The van der Waals surface area contributed by atoms with E-state index in [4.69, 9.17) is 0 Å². The van der Waals surface area contributed by atoms with Gasteiger partial charge in [0.25, 0.3) is 5.56 Å². The number of piperazine rings is 1. The molecule has 0 aliphatic carbocycles. The Morgan fingerprint density at radius 1 is 1.14 bits per heavy atom. The number of aryl methyl sites for hydroxylation is 1. The fraction of sp³-hybridized carbons (Fsp3) is 0.391. The second-order valence-electron chi connectivity index (χ2n) is 7.68. The lowest BCUT2D eigenvalue weighted by Gasteiger charge is -2.27. The number of hydrogen-bond acceptors (Lipinski definition) is 5. The molecule has 4 rings (SSSR count). The molecule has 0 radical (unpaired) electrons. The first kappa shape index (κ1) is 19.6. The number of anilines is 1. The van der Waals surface area contributed by atoms with Gasteiger partial charge in [0.1, 0.15) is 5.82 Å². The van der Waals surface area contributed by atoms with Crippen LogP contribution in [-0.4, -0.2) is 40.6 Å². The first-order chi connectivity index (χ1) is 14.1. The zero-order valence-electron chi connectivity index (χ0n) is 17.2. The molecule has 6 nitrogen and oxygen atoms in total. The molecule has 0 bridgehead atoms. The number of fused-ring (bicyclic) bond motifs is 1. The van der Waals surface area contributed by atoms with Crippen LogP contribution in [0.4, 0.5) is 5.82 Å². The van der Waals surface area contributed by atoms with Crippen molar-refractivity contribution < 1.29 is 0 Å². The van der Waals surface area contributed by atoms with E-state index in [1.807, 2.05) is 25.3 Å². The van der Waals surface area contributed by atoms with Crippen LogP contribution in [0.15, 0.2) is 53.5 Å². The Morgan fingerprint density at radius 3 is 2.62 bits per heavy atom. The summed E-state index contributed by atoms with van der Waals surface area (Å²) in [4.78, 5) is 19.1. The first-order valence-corrected chi connectivity index (χ1v) is 10.4. The number of benzene rings is 1. The molecule has 1 atom stereocenters. The number of aromatic nitrogens is 2. The molecule has 0 amide bonds. The smallest absolute Gasteiger partial charge is 0.251 e. The Morgan fingerprint density at radius 2 is 1.90 bits per heavy atom. The zero-order chi connectivity index (χ0) is 20.2. The number of nitrogens with zero attached hydrogens (tertiary/aromatic N) is 3. The summed E-state index contributed by atoms with van der Waals surface area (Å²) in [6.45, 7) is 10.1. The standard InChI is InChI=1S/C23H29N5O/c1-3-28-21-14-22(25-15-20(21)8-9-23(28)29)26-17(2)19-6-4-18(5-7-19)16-27-12-10-24-11-13-27/h4-9,14-15,17,24H,3,10-13,16H2,1-2H3,(H,25,26). The van der Waals surface area contributed by atoms with E-state index in [1.165, 1.54) is 11.1 Å². The largest absolute Gasteiger partial charge is 0.363 e. The number of nitrogens with one attached hydrogen (secondary N) is 2. The Balaban J connectivity index is 1.47. The van der Waals surface area contributed by atoms with Crippen molar-refractivity contribution in [3.63, 3.8) is 0 Å². The van der Waals surface area contributed by atoms with Crippen LogP contribution in [0.5, 0.6) is 0 Å². The predicted molar refractivity (Wildman–Crippen MR) is 118 cm³/mol. The third-order valence-electron chi connectivity index (χ3n) is 5.65. The molecule has 1 saturated heterocycles. The highest BCUT2D eigenvalue weighted by Crippen LogP contribution is 2.21. The molecular weight excluding hydrogens is 362 g/mol. The molecule has 2 N–H and O–H groups in total. The normalized spacial score (nSPS) is 16.1. The van der Waals surface area contributed by atoms with E-state index in [-0.39, 0.29) is 11.6 Å². The molecule has 2 aromatic heterocycles. The average Bonchev–Trinajstić information content (AvgIpc) is 2.75. The van der Waals surface area contributed by atoms with E-state index in [1.54, 1.807) is 10.6 Å². The highest BCUT2D eigenvalue weighted by molar-refractivity contribution is 5.80. The molecule has 3 aromatic rings. The van der Waals surface area contributed by atoms with Gasteiger partial charge in [-0.05, 0) is 31.0 Å². The lowest BCUT2D eigenvalue weighted by molar-refractivity contribution is 0.233. The summed E-state index contributed by atoms with van der Waals surface area (Å²) in [7, 11) is 0. The summed E-state index contributed by atoms with van der Waals surface area (Å²) in [5.74, 6) is 0.780. The van der Waals surface area contributed by atoms with Crippen LogP contribution < -0.4 is 16.2 Å². The summed E-state index contributed by atoms with van der Waals surface area (Å²) >= 11 is 0. The summed E-state index contributed by atoms with van der Waals surface area (Å²) in [5, 5.41) is 7.85. The molecule has 0 saturated carbocycles. The predicted octanol–water partition coefficient (Wildman–Crippen LogP) is 2.99. The van der Waals surface area contributed by atoms with Gasteiger partial charge in [-0.2, -0.15) is 0 Å². The van der Waals surface area contributed by atoms with Gasteiger partial charge in [0.05, 0.1) is 5.52 Å². The van der Waals surface area contributed by atoms with Crippen LogP contribution in [0.25, 0.3) is 10.9 Å². The van der Waals surface area contributed by atoms with Gasteiger partial charge in [-0.25, -0.2) is 4.98 Å². The Hall–Kier alpha value is -2.70.